The van der Waals surface area contributed by atoms with Crippen LogP contribution in [0, 0.1) is 11.8 Å². The van der Waals surface area contributed by atoms with Crippen LogP contribution in [-0.2, 0) is 0 Å². The maximum Gasteiger partial charge on any atom is 0.160 e. The van der Waals surface area contributed by atoms with E-state index in [-0.39, 0.29) is 5.75 Å². The predicted octanol–water partition coefficient (Wildman–Crippen LogP) is 2.39. The fourth-order valence-corrected chi connectivity index (χ4v) is 1.69. The lowest BCUT2D eigenvalue weighted by Gasteiger charge is -2.18. The first kappa shape index (κ1) is 12.8. The summed E-state index contributed by atoms with van der Waals surface area (Å²) in [6.45, 7) is 5.52. The molecule has 0 radical (unpaired) electrons. The van der Waals surface area contributed by atoms with Gasteiger partial charge in [0.1, 0.15) is 0 Å². The molecule has 0 bridgehead atoms. The van der Waals surface area contributed by atoms with Crippen molar-refractivity contribution in [2.24, 2.45) is 17.6 Å². The minimum atomic E-state index is 0.183. The van der Waals surface area contributed by atoms with Crippen LogP contribution >= 0.6 is 0 Å². The van der Waals surface area contributed by atoms with Gasteiger partial charge in [0.25, 0.3) is 0 Å². The van der Waals surface area contributed by atoms with Crippen molar-refractivity contribution in [1.29, 1.82) is 0 Å². The second-order valence-electron chi connectivity index (χ2n) is 4.51. The van der Waals surface area contributed by atoms with Crippen LogP contribution in [0.1, 0.15) is 20.3 Å². The molecule has 1 rings (SSSR count). The van der Waals surface area contributed by atoms with Crippen LogP contribution in [0.15, 0.2) is 24.3 Å². The second kappa shape index (κ2) is 6.38. The molecule has 0 aliphatic heterocycles. The van der Waals surface area contributed by atoms with Gasteiger partial charge in [0.15, 0.2) is 11.5 Å². The first-order valence-corrected chi connectivity index (χ1v) is 5.74. The highest BCUT2D eigenvalue weighted by atomic mass is 16.5. The van der Waals surface area contributed by atoms with Gasteiger partial charge in [-0.05, 0) is 31.0 Å². The lowest BCUT2D eigenvalue weighted by molar-refractivity contribution is 0.223. The van der Waals surface area contributed by atoms with Crippen molar-refractivity contribution >= 4 is 0 Å². The van der Waals surface area contributed by atoms with Crippen molar-refractivity contribution in [3.63, 3.8) is 0 Å². The van der Waals surface area contributed by atoms with E-state index in [1.807, 2.05) is 6.07 Å². The fourth-order valence-electron chi connectivity index (χ4n) is 1.69. The summed E-state index contributed by atoms with van der Waals surface area (Å²) in [5, 5.41) is 9.52. The summed E-state index contributed by atoms with van der Waals surface area (Å²) in [5.74, 6) is 1.67. The third kappa shape index (κ3) is 4.11. The Bertz CT molecular complexity index is 313. The number of phenols is 1. The lowest BCUT2D eigenvalue weighted by atomic mass is 9.98. The maximum absolute atomic E-state index is 9.52. The van der Waals surface area contributed by atoms with E-state index in [1.54, 1.807) is 18.2 Å². The zero-order valence-corrected chi connectivity index (χ0v) is 10.0. The molecule has 1 aromatic rings. The molecule has 90 valence electrons. The molecular weight excluding hydrogens is 202 g/mol. The van der Waals surface area contributed by atoms with Crippen LogP contribution in [0.25, 0.3) is 0 Å². The Balaban J connectivity index is 2.46. The number of hydrogen-bond donors (Lipinski definition) is 2. The summed E-state index contributed by atoms with van der Waals surface area (Å²) < 4.78 is 5.56. The van der Waals surface area contributed by atoms with Gasteiger partial charge in [-0.3, -0.25) is 0 Å². The highest BCUT2D eigenvalue weighted by Gasteiger charge is 2.11. The summed E-state index contributed by atoms with van der Waals surface area (Å²) in [7, 11) is 0. The quantitative estimate of drug-likeness (QED) is 0.778. The SMILES string of the molecule is CC(C)CC(CN)COc1ccccc1O. The monoisotopic (exact) mass is 223 g/mol. The fraction of sp³-hybridized carbons (Fsp3) is 0.538. The van der Waals surface area contributed by atoms with Crippen LogP contribution in [-0.4, -0.2) is 18.3 Å². The van der Waals surface area contributed by atoms with Crippen molar-refractivity contribution in [1.82, 2.24) is 0 Å². The summed E-state index contributed by atoms with van der Waals surface area (Å²) in [6.07, 6.45) is 1.05. The van der Waals surface area contributed by atoms with Gasteiger partial charge < -0.3 is 15.6 Å². The zero-order valence-electron chi connectivity index (χ0n) is 10.0. The number of rotatable bonds is 6. The van der Waals surface area contributed by atoms with Crippen molar-refractivity contribution in [3.05, 3.63) is 24.3 Å². The van der Waals surface area contributed by atoms with Crippen LogP contribution in [0.4, 0.5) is 0 Å². The average molecular weight is 223 g/mol. The van der Waals surface area contributed by atoms with Gasteiger partial charge in [-0.25, -0.2) is 0 Å². The lowest BCUT2D eigenvalue weighted by Crippen LogP contribution is -2.23. The molecule has 0 aliphatic rings. The Kier molecular flexibility index (Phi) is 5.12. The van der Waals surface area contributed by atoms with Gasteiger partial charge in [0.05, 0.1) is 6.61 Å². The van der Waals surface area contributed by atoms with Crippen molar-refractivity contribution in [2.75, 3.05) is 13.2 Å². The van der Waals surface area contributed by atoms with E-state index in [0.29, 0.717) is 30.7 Å². The van der Waals surface area contributed by atoms with Crippen LogP contribution in [0.2, 0.25) is 0 Å². The minimum absolute atomic E-state index is 0.183. The second-order valence-corrected chi connectivity index (χ2v) is 4.51. The van der Waals surface area contributed by atoms with E-state index in [0.717, 1.165) is 6.42 Å². The Labute approximate surface area is 97.2 Å². The number of aromatic hydroxyl groups is 1. The maximum atomic E-state index is 9.52. The van der Waals surface area contributed by atoms with Crippen LogP contribution in [0.5, 0.6) is 11.5 Å². The van der Waals surface area contributed by atoms with Gasteiger partial charge in [-0.15, -0.1) is 0 Å². The molecule has 0 amide bonds. The molecule has 0 fully saturated rings. The molecule has 3 heteroatoms. The topological polar surface area (TPSA) is 55.5 Å². The number of ether oxygens (including phenoxy) is 1. The van der Waals surface area contributed by atoms with Crippen molar-refractivity contribution < 1.29 is 9.84 Å². The standard InChI is InChI=1S/C13H21NO2/c1-10(2)7-11(8-14)9-16-13-6-4-3-5-12(13)15/h3-6,10-11,15H,7-9,14H2,1-2H3. The third-order valence-corrected chi connectivity index (χ3v) is 2.48. The van der Waals surface area contributed by atoms with Gasteiger partial charge in [-0.1, -0.05) is 26.0 Å². The van der Waals surface area contributed by atoms with Gasteiger partial charge in [-0.2, -0.15) is 0 Å². The third-order valence-electron chi connectivity index (χ3n) is 2.48. The molecule has 3 nitrogen and oxygen atoms in total. The Morgan fingerprint density at radius 3 is 2.56 bits per heavy atom. The molecule has 1 unspecified atom stereocenters. The van der Waals surface area contributed by atoms with Crippen molar-refractivity contribution in [3.8, 4) is 11.5 Å². The van der Waals surface area contributed by atoms with Gasteiger partial charge in [0, 0.05) is 5.92 Å². The summed E-state index contributed by atoms with van der Waals surface area (Å²) in [4.78, 5) is 0. The highest BCUT2D eigenvalue weighted by Crippen LogP contribution is 2.25. The van der Waals surface area contributed by atoms with E-state index in [9.17, 15) is 5.11 Å². The molecule has 0 aliphatic carbocycles. The summed E-state index contributed by atoms with van der Waals surface area (Å²) in [5.41, 5.74) is 5.68. The Hall–Kier alpha value is -1.22. The van der Waals surface area contributed by atoms with E-state index in [4.69, 9.17) is 10.5 Å². The molecule has 1 atom stereocenters. The first-order valence-electron chi connectivity index (χ1n) is 5.74. The van der Waals surface area contributed by atoms with Gasteiger partial charge >= 0.3 is 0 Å². The molecule has 0 aromatic heterocycles. The molecule has 16 heavy (non-hydrogen) atoms. The molecule has 0 spiro atoms. The number of nitrogens with two attached hydrogens (primary N) is 1. The summed E-state index contributed by atoms with van der Waals surface area (Å²) in [6, 6.07) is 7.00. The molecular formula is C13H21NO2. The average Bonchev–Trinajstić information content (AvgIpc) is 2.25. The summed E-state index contributed by atoms with van der Waals surface area (Å²) >= 11 is 0. The van der Waals surface area contributed by atoms with E-state index in [2.05, 4.69) is 13.8 Å². The van der Waals surface area contributed by atoms with Crippen molar-refractivity contribution in [2.45, 2.75) is 20.3 Å². The first-order chi connectivity index (χ1) is 7.63. The van der Waals surface area contributed by atoms with Crippen LogP contribution < -0.4 is 10.5 Å². The predicted molar refractivity (Wildman–Crippen MR) is 65.6 cm³/mol. The highest BCUT2D eigenvalue weighted by molar-refractivity contribution is 5.37. The number of para-hydroxylation sites is 2. The molecule has 1 aromatic carbocycles. The Morgan fingerprint density at radius 2 is 2.00 bits per heavy atom. The van der Waals surface area contributed by atoms with E-state index >= 15 is 0 Å². The normalized spacial score (nSPS) is 12.8. The van der Waals surface area contributed by atoms with Crippen LogP contribution in [0.3, 0.4) is 0 Å². The van der Waals surface area contributed by atoms with Gasteiger partial charge in [0.2, 0.25) is 0 Å². The van der Waals surface area contributed by atoms with E-state index in [1.165, 1.54) is 0 Å². The van der Waals surface area contributed by atoms with E-state index < -0.39 is 0 Å². The molecule has 0 heterocycles. The minimum Gasteiger partial charge on any atom is -0.504 e. The number of benzene rings is 1. The smallest absolute Gasteiger partial charge is 0.160 e. The molecule has 0 saturated carbocycles. The largest absolute Gasteiger partial charge is 0.504 e. The molecule has 0 saturated heterocycles. The molecule has 3 N–H and O–H groups in total. The zero-order chi connectivity index (χ0) is 12.0. The number of phenolic OH excluding ortho intramolecular Hbond substituents is 1. The Morgan fingerprint density at radius 1 is 1.31 bits per heavy atom. The number of hydrogen-bond acceptors (Lipinski definition) is 3.